The van der Waals surface area contributed by atoms with E-state index in [4.69, 9.17) is 5.10 Å². The Labute approximate surface area is 158 Å². The molecule has 2 aromatic carbocycles. The van der Waals surface area contributed by atoms with Crippen LogP contribution >= 0.6 is 15.9 Å². The van der Waals surface area contributed by atoms with Crippen LogP contribution in [0.2, 0.25) is 0 Å². The maximum Gasteiger partial charge on any atom is 0.0662 e. The lowest BCUT2D eigenvalue weighted by atomic mass is 10.1. The molecule has 0 aliphatic heterocycles. The van der Waals surface area contributed by atoms with Crippen molar-refractivity contribution in [2.24, 2.45) is 0 Å². The molecule has 25 heavy (non-hydrogen) atoms. The molecule has 0 radical (unpaired) electrons. The lowest BCUT2D eigenvalue weighted by Crippen LogP contribution is -2.19. The van der Waals surface area contributed by atoms with Gasteiger partial charge in [-0.3, -0.25) is 4.68 Å². The van der Waals surface area contributed by atoms with Crippen LogP contribution in [0.4, 0.5) is 0 Å². The molecule has 3 aromatic rings. The molecule has 3 rings (SSSR count). The zero-order valence-electron chi connectivity index (χ0n) is 15.0. The molecule has 1 heterocycles. The molecule has 3 nitrogen and oxygen atoms in total. The lowest BCUT2D eigenvalue weighted by molar-refractivity contribution is 0.569. The van der Waals surface area contributed by atoms with Crippen LogP contribution in [0.5, 0.6) is 0 Å². The van der Waals surface area contributed by atoms with E-state index in [0.29, 0.717) is 0 Å². The fourth-order valence-electron chi connectivity index (χ4n) is 3.09. The van der Waals surface area contributed by atoms with Crippen LogP contribution in [0.15, 0.2) is 59.1 Å². The Morgan fingerprint density at radius 3 is 2.44 bits per heavy atom. The average molecular weight is 398 g/mol. The second-order valence-electron chi connectivity index (χ2n) is 6.42. The molecular formula is C21H24BrN3. The molecule has 130 valence electrons. The summed E-state index contributed by atoms with van der Waals surface area (Å²) in [6, 6.07) is 19.1. The average Bonchev–Trinajstić information content (AvgIpc) is 2.87. The van der Waals surface area contributed by atoms with E-state index >= 15 is 0 Å². The van der Waals surface area contributed by atoms with Gasteiger partial charge in [-0.25, -0.2) is 0 Å². The fraction of sp³-hybridized carbons (Fsp3) is 0.286. The Balaban J connectivity index is 1.72. The van der Waals surface area contributed by atoms with E-state index in [1.165, 1.54) is 22.4 Å². The first-order chi connectivity index (χ1) is 12.1. The Morgan fingerprint density at radius 1 is 1.04 bits per heavy atom. The summed E-state index contributed by atoms with van der Waals surface area (Å²) in [5.74, 6) is 0. The van der Waals surface area contributed by atoms with E-state index in [0.717, 1.165) is 23.3 Å². The van der Waals surface area contributed by atoms with Crippen LogP contribution in [-0.4, -0.2) is 9.78 Å². The van der Waals surface area contributed by atoms with Crippen molar-refractivity contribution in [1.29, 1.82) is 0 Å². The second-order valence-corrected chi connectivity index (χ2v) is 7.27. The summed E-state index contributed by atoms with van der Waals surface area (Å²) in [7, 11) is 0. The number of benzene rings is 2. The maximum atomic E-state index is 4.74. The van der Waals surface area contributed by atoms with E-state index in [2.05, 4.69) is 89.2 Å². The van der Waals surface area contributed by atoms with Crippen LogP contribution in [0.1, 0.15) is 41.0 Å². The van der Waals surface area contributed by atoms with Gasteiger partial charge in [-0.15, -0.1) is 0 Å². The monoisotopic (exact) mass is 397 g/mol. The summed E-state index contributed by atoms with van der Waals surface area (Å²) < 4.78 is 3.24. The summed E-state index contributed by atoms with van der Waals surface area (Å²) in [6.07, 6.45) is 0. The van der Waals surface area contributed by atoms with Gasteiger partial charge in [0.25, 0.3) is 0 Å². The molecule has 1 aromatic heterocycles. The van der Waals surface area contributed by atoms with Crippen molar-refractivity contribution in [2.75, 3.05) is 0 Å². The number of rotatable bonds is 6. The number of hydrogen-bond donors (Lipinski definition) is 1. The highest BCUT2D eigenvalue weighted by Gasteiger charge is 2.14. The van der Waals surface area contributed by atoms with Gasteiger partial charge in [-0.05, 0) is 38.0 Å². The molecule has 0 saturated heterocycles. The van der Waals surface area contributed by atoms with Crippen molar-refractivity contribution in [1.82, 2.24) is 15.1 Å². The smallest absolute Gasteiger partial charge is 0.0662 e. The predicted octanol–water partition coefficient (Wildman–Crippen LogP) is 5.16. The highest BCUT2D eigenvalue weighted by Crippen LogP contribution is 2.23. The van der Waals surface area contributed by atoms with E-state index in [1.54, 1.807) is 0 Å². The fourth-order valence-corrected chi connectivity index (χ4v) is 3.72. The molecule has 0 amide bonds. The van der Waals surface area contributed by atoms with Crippen LogP contribution in [0.25, 0.3) is 0 Å². The molecule has 1 atom stereocenters. The Hall–Kier alpha value is -1.91. The van der Waals surface area contributed by atoms with Crippen LogP contribution in [0, 0.1) is 13.8 Å². The highest BCUT2D eigenvalue weighted by atomic mass is 79.9. The topological polar surface area (TPSA) is 29.9 Å². The van der Waals surface area contributed by atoms with Crippen molar-refractivity contribution in [3.05, 3.63) is 87.1 Å². The first kappa shape index (κ1) is 17.9. The minimum Gasteiger partial charge on any atom is -0.306 e. The summed E-state index contributed by atoms with van der Waals surface area (Å²) in [6.45, 7) is 8.07. The van der Waals surface area contributed by atoms with Gasteiger partial charge >= 0.3 is 0 Å². The third-order valence-electron chi connectivity index (χ3n) is 4.66. The van der Waals surface area contributed by atoms with Crippen molar-refractivity contribution < 1.29 is 0 Å². The predicted molar refractivity (Wildman–Crippen MR) is 107 cm³/mol. The number of nitrogens with one attached hydrogen (secondary N) is 1. The molecular weight excluding hydrogens is 374 g/mol. The highest BCUT2D eigenvalue weighted by molar-refractivity contribution is 9.10. The summed E-state index contributed by atoms with van der Waals surface area (Å²) in [5.41, 5.74) is 6.16. The van der Waals surface area contributed by atoms with Gasteiger partial charge in [0.05, 0.1) is 12.2 Å². The minimum absolute atomic E-state index is 0.270. The van der Waals surface area contributed by atoms with Crippen molar-refractivity contribution in [3.63, 3.8) is 0 Å². The number of halogens is 1. The molecule has 0 saturated carbocycles. The minimum atomic E-state index is 0.270. The second kappa shape index (κ2) is 7.98. The van der Waals surface area contributed by atoms with E-state index in [9.17, 15) is 0 Å². The van der Waals surface area contributed by atoms with Gasteiger partial charge in [-0.1, -0.05) is 64.5 Å². The molecule has 1 N–H and O–H groups in total. The summed E-state index contributed by atoms with van der Waals surface area (Å²) in [4.78, 5) is 0. The Bertz CT molecular complexity index is 840. The molecule has 0 unspecified atom stereocenters. The Morgan fingerprint density at radius 2 is 1.72 bits per heavy atom. The standard InChI is InChI=1S/C21H24BrN3/c1-15(19-11-7-8-12-21(19)22)23-13-20-16(2)24-25(17(20)3)14-18-9-5-4-6-10-18/h4-12,15,23H,13-14H2,1-3H3/t15-/m1/s1. The first-order valence-corrected chi connectivity index (χ1v) is 9.40. The van der Waals surface area contributed by atoms with Gasteiger partial charge < -0.3 is 5.32 Å². The van der Waals surface area contributed by atoms with Crippen LogP contribution < -0.4 is 5.32 Å². The maximum absolute atomic E-state index is 4.74. The molecule has 0 bridgehead atoms. The lowest BCUT2D eigenvalue weighted by Gasteiger charge is -2.16. The molecule has 0 aliphatic rings. The van der Waals surface area contributed by atoms with Crippen molar-refractivity contribution in [2.45, 2.75) is 39.9 Å². The summed E-state index contributed by atoms with van der Waals surface area (Å²) >= 11 is 3.64. The van der Waals surface area contributed by atoms with E-state index in [1.807, 2.05) is 12.1 Å². The number of hydrogen-bond acceptors (Lipinski definition) is 2. The number of aryl methyl sites for hydroxylation is 1. The van der Waals surface area contributed by atoms with Crippen molar-refractivity contribution in [3.8, 4) is 0 Å². The molecule has 0 aliphatic carbocycles. The Kier molecular flexibility index (Phi) is 5.71. The van der Waals surface area contributed by atoms with E-state index < -0.39 is 0 Å². The molecule has 0 fully saturated rings. The zero-order chi connectivity index (χ0) is 17.8. The van der Waals surface area contributed by atoms with Gasteiger partial charge in [0.15, 0.2) is 0 Å². The first-order valence-electron chi connectivity index (χ1n) is 8.61. The van der Waals surface area contributed by atoms with E-state index in [-0.39, 0.29) is 6.04 Å². The van der Waals surface area contributed by atoms with Crippen LogP contribution in [0.3, 0.4) is 0 Å². The van der Waals surface area contributed by atoms with Crippen LogP contribution in [-0.2, 0) is 13.1 Å². The van der Waals surface area contributed by atoms with Gasteiger partial charge in [-0.2, -0.15) is 5.10 Å². The molecule has 0 spiro atoms. The van der Waals surface area contributed by atoms with Gasteiger partial charge in [0.2, 0.25) is 0 Å². The largest absolute Gasteiger partial charge is 0.306 e. The third kappa shape index (κ3) is 4.20. The SMILES string of the molecule is Cc1nn(Cc2ccccc2)c(C)c1CN[C@H](C)c1ccccc1Br. The quantitative estimate of drug-likeness (QED) is 0.622. The van der Waals surface area contributed by atoms with Crippen molar-refractivity contribution >= 4 is 15.9 Å². The normalized spacial score (nSPS) is 12.3. The van der Waals surface area contributed by atoms with Gasteiger partial charge in [0.1, 0.15) is 0 Å². The summed E-state index contributed by atoms with van der Waals surface area (Å²) in [5, 5.41) is 8.37. The zero-order valence-corrected chi connectivity index (χ0v) is 16.5. The number of aromatic nitrogens is 2. The number of nitrogens with zero attached hydrogens (tertiary/aromatic N) is 2. The van der Waals surface area contributed by atoms with Gasteiger partial charge in [0, 0.05) is 28.3 Å². The molecule has 4 heteroatoms. The third-order valence-corrected chi connectivity index (χ3v) is 5.39.